The number of likely N-dealkylation sites (tertiary alicyclic amines) is 1. The third-order valence-electron chi connectivity index (χ3n) is 4.67. The molecule has 1 aliphatic heterocycles. The van der Waals surface area contributed by atoms with Gasteiger partial charge in [-0.25, -0.2) is 9.78 Å². The standard InChI is InChI=1S/C20H24ClN5O2/c1-13(2)26-10-9-15(12-26)23-20(28)24-17-6-4-3-5-16(17)19(27)25-18-8-7-14(21)11-22-18/h3-8,11,13,15H,9-10,12H2,1-2H3,(H,22,25,27)(H2,23,24,28). The highest BCUT2D eigenvalue weighted by Gasteiger charge is 2.25. The van der Waals surface area contributed by atoms with E-state index in [0.29, 0.717) is 28.1 Å². The molecule has 7 nitrogen and oxygen atoms in total. The summed E-state index contributed by atoms with van der Waals surface area (Å²) in [5.41, 5.74) is 0.787. The summed E-state index contributed by atoms with van der Waals surface area (Å²) in [5, 5.41) is 8.96. The number of hydrogen-bond acceptors (Lipinski definition) is 4. The van der Waals surface area contributed by atoms with Crippen LogP contribution in [0.25, 0.3) is 0 Å². The van der Waals surface area contributed by atoms with Crippen LogP contribution in [0.15, 0.2) is 42.6 Å². The first-order valence-corrected chi connectivity index (χ1v) is 9.63. The van der Waals surface area contributed by atoms with E-state index in [2.05, 4.69) is 39.7 Å². The summed E-state index contributed by atoms with van der Waals surface area (Å²) in [6.45, 7) is 6.09. The molecule has 1 aromatic carbocycles. The molecule has 1 aromatic heterocycles. The van der Waals surface area contributed by atoms with Crippen molar-refractivity contribution >= 4 is 35.0 Å². The van der Waals surface area contributed by atoms with E-state index in [1.165, 1.54) is 6.20 Å². The van der Waals surface area contributed by atoms with Crippen LogP contribution in [0.5, 0.6) is 0 Å². The average molecular weight is 402 g/mol. The van der Waals surface area contributed by atoms with Crippen molar-refractivity contribution in [1.82, 2.24) is 15.2 Å². The summed E-state index contributed by atoms with van der Waals surface area (Å²) in [6.07, 6.45) is 2.37. The number of carbonyl (C=O) groups is 2. The smallest absolute Gasteiger partial charge is 0.319 e. The van der Waals surface area contributed by atoms with Crippen molar-refractivity contribution in [2.24, 2.45) is 0 Å². The minimum atomic E-state index is -0.363. The number of urea groups is 1. The number of hydrogen-bond donors (Lipinski definition) is 3. The topological polar surface area (TPSA) is 86.4 Å². The predicted octanol–water partition coefficient (Wildman–Crippen LogP) is 3.59. The van der Waals surface area contributed by atoms with Gasteiger partial charge in [-0.3, -0.25) is 9.69 Å². The molecule has 1 unspecified atom stereocenters. The monoisotopic (exact) mass is 401 g/mol. The third kappa shape index (κ3) is 5.21. The lowest BCUT2D eigenvalue weighted by Crippen LogP contribution is -2.40. The molecule has 1 atom stereocenters. The molecular formula is C20H24ClN5O2. The number of rotatable bonds is 5. The second-order valence-electron chi connectivity index (χ2n) is 7.03. The van der Waals surface area contributed by atoms with Crippen LogP contribution in [0.2, 0.25) is 5.02 Å². The third-order valence-corrected chi connectivity index (χ3v) is 4.90. The zero-order valence-corrected chi connectivity index (χ0v) is 16.7. The van der Waals surface area contributed by atoms with Crippen LogP contribution < -0.4 is 16.0 Å². The van der Waals surface area contributed by atoms with Gasteiger partial charge in [-0.15, -0.1) is 0 Å². The highest BCUT2D eigenvalue weighted by molar-refractivity contribution is 6.30. The first-order valence-electron chi connectivity index (χ1n) is 9.26. The largest absolute Gasteiger partial charge is 0.334 e. The second-order valence-corrected chi connectivity index (χ2v) is 7.47. The molecule has 3 amide bonds. The van der Waals surface area contributed by atoms with Gasteiger partial charge in [0.15, 0.2) is 0 Å². The molecule has 8 heteroatoms. The first-order chi connectivity index (χ1) is 13.4. The Kier molecular flexibility index (Phi) is 6.49. The molecule has 28 heavy (non-hydrogen) atoms. The molecule has 0 saturated carbocycles. The minimum absolute atomic E-state index is 0.0988. The van der Waals surface area contributed by atoms with E-state index in [1.54, 1.807) is 36.4 Å². The van der Waals surface area contributed by atoms with Gasteiger partial charge in [0.1, 0.15) is 5.82 Å². The number of halogens is 1. The molecule has 3 rings (SSSR count). The minimum Gasteiger partial charge on any atom is -0.334 e. The van der Waals surface area contributed by atoms with E-state index in [4.69, 9.17) is 11.6 Å². The van der Waals surface area contributed by atoms with E-state index >= 15 is 0 Å². The van der Waals surface area contributed by atoms with Gasteiger partial charge in [-0.05, 0) is 44.5 Å². The molecule has 0 spiro atoms. The van der Waals surface area contributed by atoms with Gasteiger partial charge < -0.3 is 16.0 Å². The van der Waals surface area contributed by atoms with Crippen molar-refractivity contribution in [3.05, 3.63) is 53.2 Å². The molecule has 2 aromatic rings. The van der Waals surface area contributed by atoms with E-state index < -0.39 is 0 Å². The summed E-state index contributed by atoms with van der Waals surface area (Å²) < 4.78 is 0. The Morgan fingerprint density at radius 3 is 2.64 bits per heavy atom. The van der Waals surface area contributed by atoms with Crippen LogP contribution >= 0.6 is 11.6 Å². The fourth-order valence-corrected chi connectivity index (χ4v) is 3.25. The molecule has 2 heterocycles. The number of carbonyl (C=O) groups excluding carboxylic acids is 2. The summed E-state index contributed by atoms with van der Waals surface area (Å²) >= 11 is 5.81. The van der Waals surface area contributed by atoms with Crippen LogP contribution in [0.4, 0.5) is 16.3 Å². The van der Waals surface area contributed by atoms with Crippen molar-refractivity contribution in [3.63, 3.8) is 0 Å². The molecule has 1 aliphatic rings. The average Bonchev–Trinajstić information content (AvgIpc) is 3.12. The number of nitrogens with one attached hydrogen (secondary N) is 3. The van der Waals surface area contributed by atoms with Crippen molar-refractivity contribution in [2.45, 2.75) is 32.4 Å². The molecule has 1 fully saturated rings. The maximum atomic E-state index is 12.6. The highest BCUT2D eigenvalue weighted by Crippen LogP contribution is 2.18. The van der Waals surface area contributed by atoms with Crippen LogP contribution in [-0.2, 0) is 0 Å². The van der Waals surface area contributed by atoms with E-state index in [-0.39, 0.29) is 18.0 Å². The quantitative estimate of drug-likeness (QED) is 0.714. The summed E-state index contributed by atoms with van der Waals surface area (Å²) in [4.78, 5) is 31.4. The number of aromatic nitrogens is 1. The molecule has 0 aliphatic carbocycles. The fraction of sp³-hybridized carbons (Fsp3) is 0.350. The van der Waals surface area contributed by atoms with Crippen molar-refractivity contribution < 1.29 is 9.59 Å². The van der Waals surface area contributed by atoms with Gasteiger partial charge in [-0.2, -0.15) is 0 Å². The predicted molar refractivity (Wildman–Crippen MR) is 111 cm³/mol. The van der Waals surface area contributed by atoms with E-state index in [9.17, 15) is 9.59 Å². The lowest BCUT2D eigenvalue weighted by molar-refractivity contribution is 0.102. The maximum absolute atomic E-state index is 12.6. The normalized spacial score (nSPS) is 16.8. The van der Waals surface area contributed by atoms with Crippen LogP contribution in [0, 0.1) is 0 Å². The maximum Gasteiger partial charge on any atom is 0.319 e. The van der Waals surface area contributed by atoms with Crippen molar-refractivity contribution in [3.8, 4) is 0 Å². The zero-order valence-electron chi connectivity index (χ0n) is 15.9. The van der Waals surface area contributed by atoms with E-state index in [1.807, 2.05) is 0 Å². The summed E-state index contributed by atoms with van der Waals surface area (Å²) in [5.74, 6) is 0.0194. The molecule has 1 saturated heterocycles. The van der Waals surface area contributed by atoms with Gasteiger partial charge in [-0.1, -0.05) is 23.7 Å². The molecular weight excluding hydrogens is 378 g/mol. The SMILES string of the molecule is CC(C)N1CCC(NC(=O)Nc2ccccc2C(=O)Nc2ccc(Cl)cn2)C1. The fourth-order valence-electron chi connectivity index (χ4n) is 3.14. The molecule has 0 radical (unpaired) electrons. The van der Waals surface area contributed by atoms with Gasteiger partial charge in [0.05, 0.1) is 16.3 Å². The molecule has 3 N–H and O–H groups in total. The number of nitrogens with zero attached hydrogens (tertiary/aromatic N) is 2. The molecule has 148 valence electrons. The van der Waals surface area contributed by atoms with Crippen molar-refractivity contribution in [2.75, 3.05) is 23.7 Å². The highest BCUT2D eigenvalue weighted by atomic mass is 35.5. The van der Waals surface area contributed by atoms with Gasteiger partial charge >= 0.3 is 6.03 Å². The second kappa shape index (κ2) is 9.03. The van der Waals surface area contributed by atoms with Crippen LogP contribution in [0.1, 0.15) is 30.6 Å². The van der Waals surface area contributed by atoms with Gasteiger partial charge in [0.2, 0.25) is 0 Å². The number of pyridine rings is 1. The Labute approximate surface area is 169 Å². The number of benzene rings is 1. The lowest BCUT2D eigenvalue weighted by Gasteiger charge is -2.20. The van der Waals surface area contributed by atoms with Crippen molar-refractivity contribution in [1.29, 1.82) is 0 Å². The Morgan fingerprint density at radius 2 is 1.96 bits per heavy atom. The summed E-state index contributed by atoms with van der Waals surface area (Å²) in [7, 11) is 0. The number of amides is 3. The number of para-hydroxylation sites is 1. The Balaban J connectivity index is 1.62. The van der Waals surface area contributed by atoms with Crippen LogP contribution in [0.3, 0.4) is 0 Å². The Morgan fingerprint density at radius 1 is 1.18 bits per heavy atom. The first kappa shape index (κ1) is 20.1. The lowest BCUT2D eigenvalue weighted by atomic mass is 10.1. The van der Waals surface area contributed by atoms with Gasteiger partial charge in [0, 0.05) is 31.4 Å². The number of anilines is 2. The van der Waals surface area contributed by atoms with Crippen LogP contribution in [-0.4, -0.2) is 47.0 Å². The Bertz CT molecular complexity index is 841. The summed E-state index contributed by atoms with van der Waals surface area (Å²) in [6, 6.07) is 10.3. The van der Waals surface area contributed by atoms with E-state index in [0.717, 1.165) is 19.5 Å². The Hall–Kier alpha value is -2.64. The zero-order chi connectivity index (χ0) is 20.1. The molecule has 0 bridgehead atoms. The van der Waals surface area contributed by atoms with Gasteiger partial charge in [0.25, 0.3) is 5.91 Å².